The van der Waals surface area contributed by atoms with Crippen molar-refractivity contribution >= 4 is 23.3 Å². The summed E-state index contributed by atoms with van der Waals surface area (Å²) in [7, 11) is 1.88. The topological polar surface area (TPSA) is 63.1 Å². The van der Waals surface area contributed by atoms with Crippen molar-refractivity contribution in [1.29, 1.82) is 0 Å². The first-order valence-electron chi connectivity index (χ1n) is 9.37. The number of piperidine rings is 1. The summed E-state index contributed by atoms with van der Waals surface area (Å²) in [5, 5.41) is 12.5. The van der Waals surface area contributed by atoms with Gasteiger partial charge < -0.3 is 14.8 Å². The highest BCUT2D eigenvalue weighted by atomic mass is 35.5. The molecule has 0 radical (unpaired) electrons. The van der Waals surface area contributed by atoms with Gasteiger partial charge in [0, 0.05) is 37.9 Å². The number of nitrogens with one attached hydrogen (secondary N) is 1. The first-order valence-corrected chi connectivity index (χ1v) is 9.75. The number of amides is 1. The molecule has 28 heavy (non-hydrogen) atoms. The minimum atomic E-state index is -0.0187. The highest BCUT2D eigenvalue weighted by Gasteiger charge is 2.23. The predicted molar refractivity (Wildman–Crippen MR) is 111 cm³/mol. The quantitative estimate of drug-likeness (QED) is 0.734. The van der Waals surface area contributed by atoms with E-state index in [2.05, 4.69) is 20.4 Å². The van der Waals surface area contributed by atoms with Crippen LogP contribution in [0.1, 0.15) is 23.3 Å². The van der Waals surface area contributed by atoms with Crippen molar-refractivity contribution in [3.05, 3.63) is 65.4 Å². The Morgan fingerprint density at radius 3 is 2.50 bits per heavy atom. The molecule has 1 amide bonds. The molecule has 1 aliphatic heterocycles. The van der Waals surface area contributed by atoms with Gasteiger partial charge in [0.2, 0.25) is 0 Å². The summed E-state index contributed by atoms with van der Waals surface area (Å²) < 4.78 is 1.83. The third-order valence-electron chi connectivity index (χ3n) is 5.13. The molecule has 1 fully saturated rings. The van der Waals surface area contributed by atoms with Gasteiger partial charge in [-0.15, -0.1) is 10.2 Å². The zero-order valence-corrected chi connectivity index (χ0v) is 16.4. The molecular formula is C21H22ClN5O. The largest absolute Gasteiger partial charge is 0.355 e. The summed E-state index contributed by atoms with van der Waals surface area (Å²) in [6.07, 6.45) is 3.64. The fourth-order valence-electron chi connectivity index (χ4n) is 3.52. The van der Waals surface area contributed by atoms with E-state index >= 15 is 0 Å². The highest BCUT2D eigenvalue weighted by molar-refractivity contribution is 6.33. The maximum Gasteiger partial charge on any atom is 0.268 e. The fraction of sp³-hybridized carbons (Fsp3) is 0.286. The van der Waals surface area contributed by atoms with Gasteiger partial charge in [0.1, 0.15) is 5.69 Å². The van der Waals surface area contributed by atoms with Gasteiger partial charge in [-0.2, -0.15) is 0 Å². The first kappa shape index (κ1) is 18.5. The van der Waals surface area contributed by atoms with Crippen LogP contribution < -0.4 is 10.2 Å². The van der Waals surface area contributed by atoms with Crippen LogP contribution in [0.25, 0.3) is 11.3 Å². The molecule has 0 unspecified atom stereocenters. The lowest BCUT2D eigenvalue weighted by molar-refractivity contribution is 0.0923. The number of aryl methyl sites for hydroxylation is 1. The summed E-state index contributed by atoms with van der Waals surface area (Å²) in [6, 6.07) is 15.4. The molecule has 1 N–H and O–H groups in total. The Hall–Kier alpha value is -2.86. The molecular weight excluding hydrogens is 374 g/mol. The number of nitrogens with zero attached hydrogens (tertiary/aromatic N) is 4. The van der Waals surface area contributed by atoms with Crippen molar-refractivity contribution < 1.29 is 4.79 Å². The number of carbonyl (C=O) groups excluding carboxylic acids is 1. The van der Waals surface area contributed by atoms with Crippen molar-refractivity contribution in [2.45, 2.75) is 18.9 Å². The standard InChI is InChI=1S/C21H22ClN5O/c1-26-12-4-7-19(26)21(28)23-15-10-13-27(14-11-15)20-9-8-18(24-25-20)16-5-2-3-6-17(16)22/h2-9,12,15H,10-11,13-14H2,1H3,(H,23,28). The van der Waals surface area contributed by atoms with Gasteiger partial charge in [0.15, 0.2) is 5.82 Å². The second kappa shape index (κ2) is 8.02. The monoisotopic (exact) mass is 395 g/mol. The van der Waals surface area contributed by atoms with Gasteiger partial charge in [0.05, 0.1) is 10.7 Å². The number of rotatable bonds is 4. The lowest BCUT2D eigenvalue weighted by Crippen LogP contribution is -2.45. The molecule has 4 rings (SSSR count). The molecule has 3 heterocycles. The van der Waals surface area contributed by atoms with Crippen LogP contribution in [0, 0.1) is 0 Å². The average molecular weight is 396 g/mol. The van der Waals surface area contributed by atoms with Crippen LogP contribution in [-0.2, 0) is 7.05 Å². The predicted octanol–water partition coefficient (Wildman–Crippen LogP) is 3.53. The Kier molecular flexibility index (Phi) is 5.30. The molecule has 2 aromatic heterocycles. The molecule has 3 aromatic rings. The number of carbonyl (C=O) groups is 1. The zero-order chi connectivity index (χ0) is 19.5. The molecule has 6 nitrogen and oxygen atoms in total. The van der Waals surface area contributed by atoms with E-state index in [1.165, 1.54) is 0 Å². The zero-order valence-electron chi connectivity index (χ0n) is 15.7. The number of hydrogen-bond donors (Lipinski definition) is 1. The van der Waals surface area contributed by atoms with Gasteiger partial charge in [-0.25, -0.2) is 0 Å². The summed E-state index contributed by atoms with van der Waals surface area (Å²) in [5.41, 5.74) is 2.33. The summed E-state index contributed by atoms with van der Waals surface area (Å²) in [4.78, 5) is 14.6. The Bertz CT molecular complexity index is 961. The molecule has 144 valence electrons. The van der Waals surface area contributed by atoms with Crippen LogP contribution in [-0.4, -0.2) is 39.8 Å². The molecule has 0 spiro atoms. The summed E-state index contributed by atoms with van der Waals surface area (Å²) in [5.74, 6) is 0.831. The van der Waals surface area contributed by atoms with E-state index in [4.69, 9.17) is 11.6 Å². The molecule has 0 bridgehead atoms. The maximum absolute atomic E-state index is 12.4. The molecule has 1 aromatic carbocycles. The van der Waals surface area contributed by atoms with Crippen LogP contribution >= 0.6 is 11.6 Å². The number of benzene rings is 1. The van der Waals surface area contributed by atoms with Crippen LogP contribution in [0.4, 0.5) is 5.82 Å². The van der Waals surface area contributed by atoms with Crippen LogP contribution in [0.5, 0.6) is 0 Å². The third kappa shape index (κ3) is 3.87. The van der Waals surface area contributed by atoms with Crippen LogP contribution in [0.2, 0.25) is 5.02 Å². The lowest BCUT2D eigenvalue weighted by atomic mass is 10.0. The second-order valence-corrected chi connectivity index (χ2v) is 7.40. The lowest BCUT2D eigenvalue weighted by Gasteiger charge is -2.32. The summed E-state index contributed by atoms with van der Waals surface area (Å²) in [6.45, 7) is 1.66. The van der Waals surface area contributed by atoms with Crippen molar-refractivity contribution in [3.63, 3.8) is 0 Å². The van der Waals surface area contributed by atoms with Crippen molar-refractivity contribution in [1.82, 2.24) is 20.1 Å². The normalized spacial score (nSPS) is 14.9. The van der Waals surface area contributed by atoms with Crippen molar-refractivity contribution in [3.8, 4) is 11.3 Å². The van der Waals surface area contributed by atoms with Crippen LogP contribution in [0.15, 0.2) is 54.7 Å². The molecule has 1 saturated heterocycles. The SMILES string of the molecule is Cn1cccc1C(=O)NC1CCN(c2ccc(-c3ccccc3Cl)nn2)CC1. The summed E-state index contributed by atoms with van der Waals surface area (Å²) >= 11 is 6.24. The maximum atomic E-state index is 12.4. The van der Waals surface area contributed by atoms with E-state index in [9.17, 15) is 4.79 Å². The van der Waals surface area contributed by atoms with E-state index in [0.717, 1.165) is 43.0 Å². The van der Waals surface area contributed by atoms with E-state index in [0.29, 0.717) is 10.7 Å². The van der Waals surface area contributed by atoms with Gasteiger partial charge in [-0.05, 0) is 43.2 Å². The minimum absolute atomic E-state index is 0.0187. The van der Waals surface area contributed by atoms with E-state index in [1.807, 2.05) is 66.3 Å². The van der Waals surface area contributed by atoms with Gasteiger partial charge in [0.25, 0.3) is 5.91 Å². The highest BCUT2D eigenvalue weighted by Crippen LogP contribution is 2.26. The number of anilines is 1. The van der Waals surface area contributed by atoms with Gasteiger partial charge >= 0.3 is 0 Å². The van der Waals surface area contributed by atoms with E-state index in [-0.39, 0.29) is 11.9 Å². The molecule has 0 saturated carbocycles. The molecule has 1 aliphatic rings. The van der Waals surface area contributed by atoms with Gasteiger partial charge in [-0.3, -0.25) is 4.79 Å². The Morgan fingerprint density at radius 2 is 1.86 bits per heavy atom. The third-order valence-corrected chi connectivity index (χ3v) is 5.46. The number of hydrogen-bond acceptors (Lipinski definition) is 4. The Labute approximate surface area is 169 Å². The average Bonchev–Trinajstić information content (AvgIpc) is 3.15. The van der Waals surface area contributed by atoms with Crippen LogP contribution in [0.3, 0.4) is 0 Å². The fourth-order valence-corrected chi connectivity index (χ4v) is 3.75. The van der Waals surface area contributed by atoms with E-state index < -0.39 is 0 Å². The smallest absolute Gasteiger partial charge is 0.268 e. The van der Waals surface area contributed by atoms with Crippen molar-refractivity contribution in [2.24, 2.45) is 7.05 Å². The first-order chi connectivity index (χ1) is 13.6. The van der Waals surface area contributed by atoms with Crippen molar-refractivity contribution in [2.75, 3.05) is 18.0 Å². The Balaban J connectivity index is 1.36. The van der Waals surface area contributed by atoms with Gasteiger partial charge in [-0.1, -0.05) is 29.8 Å². The number of halogens is 1. The second-order valence-electron chi connectivity index (χ2n) is 7.00. The number of aromatic nitrogens is 3. The molecule has 0 aliphatic carbocycles. The molecule has 7 heteroatoms. The Morgan fingerprint density at radius 1 is 1.07 bits per heavy atom. The minimum Gasteiger partial charge on any atom is -0.355 e. The van der Waals surface area contributed by atoms with E-state index in [1.54, 1.807) is 0 Å². The molecule has 0 atom stereocenters.